The van der Waals surface area contributed by atoms with E-state index in [-0.39, 0.29) is 0 Å². The van der Waals surface area contributed by atoms with Gasteiger partial charge < -0.3 is 10.4 Å². The van der Waals surface area contributed by atoms with Crippen LogP contribution in [0.15, 0.2) is 24.3 Å². The van der Waals surface area contributed by atoms with Crippen molar-refractivity contribution in [3.8, 4) is 0 Å². The van der Waals surface area contributed by atoms with Crippen LogP contribution < -0.4 is 5.32 Å². The highest BCUT2D eigenvalue weighted by Gasteiger charge is 2.28. The van der Waals surface area contributed by atoms with Gasteiger partial charge >= 0.3 is 5.97 Å². The molecule has 0 amide bonds. The van der Waals surface area contributed by atoms with Gasteiger partial charge in [-0.25, -0.2) is 0 Å². The number of hydrogen-bond acceptors (Lipinski definition) is 2. The van der Waals surface area contributed by atoms with Crippen molar-refractivity contribution >= 4 is 11.7 Å². The minimum absolute atomic E-state index is 0.809. The van der Waals surface area contributed by atoms with Gasteiger partial charge in [-0.2, -0.15) is 0 Å². The molecule has 0 heterocycles. The summed E-state index contributed by atoms with van der Waals surface area (Å²) in [5.74, 6) is -0.810. The molecule has 3 heteroatoms. The number of aliphatic carboxylic acids is 1. The van der Waals surface area contributed by atoms with Gasteiger partial charge in [-0.3, -0.25) is 4.79 Å². The van der Waals surface area contributed by atoms with Gasteiger partial charge in [-0.15, -0.1) is 0 Å². The molecule has 0 radical (unpaired) electrons. The molecule has 0 aliphatic carbocycles. The van der Waals surface area contributed by atoms with Crippen LogP contribution >= 0.6 is 0 Å². The molecule has 1 rings (SSSR count). The number of rotatable bonds is 3. The van der Waals surface area contributed by atoms with Crippen LogP contribution in [0.1, 0.15) is 19.4 Å². The van der Waals surface area contributed by atoms with Crippen LogP contribution in [0.3, 0.4) is 0 Å². The van der Waals surface area contributed by atoms with Crippen LogP contribution in [0.2, 0.25) is 0 Å². The number of benzene rings is 1. The van der Waals surface area contributed by atoms with Crippen LogP contribution in [0.5, 0.6) is 0 Å². The zero-order valence-corrected chi connectivity index (χ0v) is 8.66. The maximum atomic E-state index is 11.0. The summed E-state index contributed by atoms with van der Waals surface area (Å²) in [4.78, 5) is 11.0. The summed E-state index contributed by atoms with van der Waals surface area (Å²) in [5, 5.41) is 12.0. The van der Waals surface area contributed by atoms with E-state index in [1.165, 1.54) is 0 Å². The largest absolute Gasteiger partial charge is 0.481 e. The molecule has 1 aromatic carbocycles. The van der Waals surface area contributed by atoms with E-state index in [1.54, 1.807) is 13.8 Å². The monoisotopic (exact) mass is 193 g/mol. The third kappa shape index (κ3) is 1.87. The number of hydrogen-bond donors (Lipinski definition) is 2. The van der Waals surface area contributed by atoms with Gasteiger partial charge in [-0.1, -0.05) is 12.1 Å². The van der Waals surface area contributed by atoms with E-state index in [0.29, 0.717) is 0 Å². The Hall–Kier alpha value is -1.51. The minimum Gasteiger partial charge on any atom is -0.481 e. The first-order chi connectivity index (χ1) is 6.48. The van der Waals surface area contributed by atoms with Crippen LogP contribution in [-0.4, -0.2) is 18.1 Å². The smallest absolute Gasteiger partial charge is 0.313 e. The Morgan fingerprint density at radius 3 is 2.14 bits per heavy atom. The third-order valence-electron chi connectivity index (χ3n) is 2.43. The molecule has 0 aliphatic rings. The summed E-state index contributed by atoms with van der Waals surface area (Å²) >= 11 is 0. The van der Waals surface area contributed by atoms with Crippen molar-refractivity contribution in [2.45, 2.75) is 19.3 Å². The van der Waals surface area contributed by atoms with Crippen LogP contribution in [0, 0.1) is 0 Å². The highest BCUT2D eigenvalue weighted by atomic mass is 16.4. The van der Waals surface area contributed by atoms with Crippen molar-refractivity contribution in [2.75, 3.05) is 12.4 Å². The maximum absolute atomic E-state index is 11.0. The fraction of sp³-hybridized carbons (Fsp3) is 0.364. The Kier molecular flexibility index (Phi) is 2.79. The lowest BCUT2D eigenvalue weighted by atomic mass is 9.85. The van der Waals surface area contributed by atoms with Crippen molar-refractivity contribution in [2.24, 2.45) is 0 Å². The lowest BCUT2D eigenvalue weighted by molar-refractivity contribution is -0.142. The molecule has 0 saturated carbocycles. The summed E-state index contributed by atoms with van der Waals surface area (Å²) in [6, 6.07) is 7.42. The second kappa shape index (κ2) is 3.70. The van der Waals surface area contributed by atoms with E-state index < -0.39 is 11.4 Å². The molecule has 1 aromatic rings. The Labute approximate surface area is 83.8 Å². The molecule has 0 fully saturated rings. The predicted octanol–water partition coefficient (Wildman–Crippen LogP) is 2.09. The van der Waals surface area contributed by atoms with Gasteiger partial charge in [0.1, 0.15) is 0 Å². The first-order valence-corrected chi connectivity index (χ1v) is 4.50. The summed E-state index contributed by atoms with van der Waals surface area (Å²) in [7, 11) is 1.83. The minimum atomic E-state index is -0.827. The maximum Gasteiger partial charge on any atom is 0.313 e. The van der Waals surface area contributed by atoms with Gasteiger partial charge in [0.15, 0.2) is 0 Å². The average molecular weight is 193 g/mol. The number of carbonyl (C=O) groups is 1. The Balaban J connectivity index is 3.02. The van der Waals surface area contributed by atoms with Gasteiger partial charge in [-0.05, 0) is 31.5 Å². The number of carboxylic acid groups (broad SMARTS) is 1. The topological polar surface area (TPSA) is 49.3 Å². The standard InChI is InChI=1S/C11H15NO2/c1-11(2,10(13)14)8-4-6-9(12-3)7-5-8/h4-7,12H,1-3H3,(H,13,14). The van der Waals surface area contributed by atoms with E-state index in [1.807, 2.05) is 31.3 Å². The van der Waals surface area contributed by atoms with E-state index >= 15 is 0 Å². The zero-order valence-electron chi connectivity index (χ0n) is 8.66. The predicted molar refractivity (Wildman–Crippen MR) is 56.7 cm³/mol. The molecule has 0 bridgehead atoms. The van der Waals surface area contributed by atoms with E-state index in [4.69, 9.17) is 5.11 Å². The SMILES string of the molecule is CNc1ccc(C(C)(C)C(=O)O)cc1. The Bertz CT molecular complexity index is 328. The molecule has 0 atom stereocenters. The fourth-order valence-corrected chi connectivity index (χ4v) is 1.18. The van der Waals surface area contributed by atoms with Crippen molar-refractivity contribution < 1.29 is 9.90 Å². The summed E-state index contributed by atoms with van der Waals surface area (Å²) in [6.45, 7) is 3.40. The van der Waals surface area contributed by atoms with Gasteiger partial charge in [0.2, 0.25) is 0 Å². The van der Waals surface area contributed by atoms with E-state index in [2.05, 4.69) is 5.32 Å². The lowest BCUT2D eigenvalue weighted by Crippen LogP contribution is -2.28. The fourth-order valence-electron chi connectivity index (χ4n) is 1.18. The lowest BCUT2D eigenvalue weighted by Gasteiger charge is -2.19. The molecule has 0 aromatic heterocycles. The van der Waals surface area contributed by atoms with Crippen molar-refractivity contribution in [3.05, 3.63) is 29.8 Å². The second-order valence-electron chi connectivity index (χ2n) is 3.76. The Morgan fingerprint density at radius 1 is 1.29 bits per heavy atom. The molecule has 76 valence electrons. The summed E-state index contributed by atoms with van der Waals surface area (Å²) in [6.07, 6.45) is 0. The van der Waals surface area contributed by atoms with Crippen molar-refractivity contribution in [1.29, 1.82) is 0 Å². The molecule has 0 spiro atoms. The molecular formula is C11H15NO2. The summed E-state index contributed by atoms with van der Waals surface area (Å²) < 4.78 is 0. The van der Waals surface area contributed by atoms with E-state index in [9.17, 15) is 4.79 Å². The van der Waals surface area contributed by atoms with Gasteiger partial charge in [0.05, 0.1) is 5.41 Å². The first kappa shape index (κ1) is 10.6. The number of nitrogens with one attached hydrogen (secondary N) is 1. The molecule has 0 unspecified atom stereocenters. The van der Waals surface area contributed by atoms with Crippen LogP contribution in [-0.2, 0) is 10.2 Å². The molecule has 14 heavy (non-hydrogen) atoms. The van der Waals surface area contributed by atoms with E-state index in [0.717, 1.165) is 11.3 Å². The highest BCUT2D eigenvalue weighted by Crippen LogP contribution is 2.24. The van der Waals surface area contributed by atoms with Crippen LogP contribution in [0.4, 0.5) is 5.69 Å². The van der Waals surface area contributed by atoms with Gasteiger partial charge in [0.25, 0.3) is 0 Å². The van der Waals surface area contributed by atoms with Crippen LogP contribution in [0.25, 0.3) is 0 Å². The van der Waals surface area contributed by atoms with Gasteiger partial charge in [0, 0.05) is 12.7 Å². The molecule has 0 saturated heterocycles. The second-order valence-corrected chi connectivity index (χ2v) is 3.76. The van der Waals surface area contributed by atoms with Crippen molar-refractivity contribution in [3.63, 3.8) is 0 Å². The summed E-state index contributed by atoms with van der Waals surface area (Å²) in [5.41, 5.74) is 0.964. The average Bonchev–Trinajstić information content (AvgIpc) is 2.17. The molecule has 0 aliphatic heterocycles. The zero-order chi connectivity index (χ0) is 10.8. The number of carboxylic acids is 1. The third-order valence-corrected chi connectivity index (χ3v) is 2.43. The molecular weight excluding hydrogens is 178 g/mol. The molecule has 2 N–H and O–H groups in total. The first-order valence-electron chi connectivity index (χ1n) is 4.50. The normalized spacial score (nSPS) is 11.1. The quantitative estimate of drug-likeness (QED) is 0.772. The highest BCUT2D eigenvalue weighted by molar-refractivity contribution is 5.80. The Morgan fingerprint density at radius 2 is 1.79 bits per heavy atom. The molecule has 3 nitrogen and oxygen atoms in total. The number of anilines is 1. The van der Waals surface area contributed by atoms with Crippen molar-refractivity contribution in [1.82, 2.24) is 0 Å².